The number of ketones is 1. The first-order valence-corrected chi connectivity index (χ1v) is 7.10. The molecule has 0 aliphatic heterocycles. The third-order valence-electron chi connectivity index (χ3n) is 2.97. The molecule has 0 aliphatic rings. The third kappa shape index (κ3) is 4.54. The molecular formula is C15H17F2NO6. The van der Waals surface area contributed by atoms with Gasteiger partial charge in [0, 0.05) is 11.8 Å². The Labute approximate surface area is 136 Å². The Morgan fingerprint density at radius 2 is 1.71 bits per heavy atom. The van der Waals surface area contributed by atoms with Crippen molar-refractivity contribution in [3.63, 3.8) is 0 Å². The second kappa shape index (κ2) is 8.44. The van der Waals surface area contributed by atoms with Crippen LogP contribution in [0.3, 0.4) is 0 Å². The predicted octanol–water partition coefficient (Wildman–Crippen LogP) is 1.45. The highest BCUT2D eigenvalue weighted by atomic mass is 19.3. The van der Waals surface area contributed by atoms with Crippen LogP contribution in [0.1, 0.15) is 42.7 Å². The standard InChI is InChI=1S/C15H17F2NO6/c1-3-23-13(20)15(22,14(21)24-4-2)7-11(19)9-5-6-10(12(16)17)18-8-9/h5-6,8,12,22H,3-4,7H2,1-2H3. The average Bonchev–Trinajstić information content (AvgIpc) is 2.55. The van der Waals surface area contributed by atoms with E-state index >= 15 is 0 Å². The molecule has 9 heteroatoms. The van der Waals surface area contributed by atoms with Crippen molar-refractivity contribution < 1.29 is 37.7 Å². The van der Waals surface area contributed by atoms with E-state index < -0.39 is 41.9 Å². The van der Waals surface area contributed by atoms with Crippen molar-refractivity contribution in [3.05, 3.63) is 29.6 Å². The van der Waals surface area contributed by atoms with Gasteiger partial charge in [-0.15, -0.1) is 0 Å². The quantitative estimate of drug-likeness (QED) is 0.432. The maximum Gasteiger partial charge on any atom is 0.350 e. The molecule has 0 unspecified atom stereocenters. The molecular weight excluding hydrogens is 328 g/mol. The molecule has 0 spiro atoms. The number of esters is 2. The lowest BCUT2D eigenvalue weighted by atomic mass is 9.94. The number of Topliss-reactive ketones (excluding diaryl/α,β-unsaturated/α-hetero) is 1. The zero-order valence-corrected chi connectivity index (χ0v) is 13.1. The monoisotopic (exact) mass is 345 g/mol. The summed E-state index contributed by atoms with van der Waals surface area (Å²) in [5.41, 5.74) is -3.49. The van der Waals surface area contributed by atoms with Crippen LogP contribution in [0.4, 0.5) is 8.78 Å². The summed E-state index contributed by atoms with van der Waals surface area (Å²) < 4.78 is 34.1. The normalized spacial score (nSPS) is 11.2. The first-order valence-electron chi connectivity index (χ1n) is 7.10. The highest BCUT2D eigenvalue weighted by Gasteiger charge is 2.49. The van der Waals surface area contributed by atoms with Gasteiger partial charge in [-0.05, 0) is 26.0 Å². The number of ether oxygens (including phenoxy) is 2. The maximum atomic E-state index is 12.4. The van der Waals surface area contributed by atoms with Crippen LogP contribution in [-0.2, 0) is 19.1 Å². The van der Waals surface area contributed by atoms with Crippen molar-refractivity contribution in [1.82, 2.24) is 4.98 Å². The summed E-state index contributed by atoms with van der Waals surface area (Å²) in [7, 11) is 0. The van der Waals surface area contributed by atoms with Gasteiger partial charge in [-0.3, -0.25) is 9.78 Å². The van der Waals surface area contributed by atoms with Crippen molar-refractivity contribution in [2.45, 2.75) is 32.3 Å². The van der Waals surface area contributed by atoms with E-state index in [9.17, 15) is 28.3 Å². The number of hydrogen-bond acceptors (Lipinski definition) is 7. The molecule has 0 radical (unpaired) electrons. The summed E-state index contributed by atoms with van der Waals surface area (Å²) >= 11 is 0. The van der Waals surface area contributed by atoms with Crippen molar-refractivity contribution in [2.24, 2.45) is 0 Å². The number of hydrogen-bond donors (Lipinski definition) is 1. The fraction of sp³-hybridized carbons (Fsp3) is 0.467. The molecule has 0 aromatic carbocycles. The van der Waals surface area contributed by atoms with Crippen LogP contribution < -0.4 is 0 Å². The number of aromatic nitrogens is 1. The first kappa shape index (κ1) is 19.6. The molecule has 0 saturated carbocycles. The predicted molar refractivity (Wildman–Crippen MR) is 76.4 cm³/mol. The number of alkyl halides is 2. The number of nitrogens with zero attached hydrogens (tertiary/aromatic N) is 1. The Balaban J connectivity index is 3.02. The van der Waals surface area contributed by atoms with Crippen molar-refractivity contribution in [2.75, 3.05) is 13.2 Å². The van der Waals surface area contributed by atoms with Gasteiger partial charge in [0.2, 0.25) is 0 Å². The summed E-state index contributed by atoms with van der Waals surface area (Å²) in [4.78, 5) is 39.3. The molecule has 0 amide bonds. The summed E-state index contributed by atoms with van der Waals surface area (Å²) in [5, 5.41) is 10.3. The number of aliphatic hydroxyl groups is 1. The molecule has 1 heterocycles. The van der Waals surface area contributed by atoms with Crippen molar-refractivity contribution in [3.8, 4) is 0 Å². The van der Waals surface area contributed by atoms with Crippen molar-refractivity contribution >= 4 is 17.7 Å². The SMILES string of the molecule is CCOC(=O)C(O)(CC(=O)c1ccc(C(F)F)nc1)C(=O)OCC. The third-order valence-corrected chi connectivity index (χ3v) is 2.97. The Morgan fingerprint density at radius 3 is 2.08 bits per heavy atom. The summed E-state index contributed by atoms with van der Waals surface area (Å²) in [5.74, 6) is -3.50. The zero-order valence-electron chi connectivity index (χ0n) is 13.1. The van der Waals surface area contributed by atoms with Crippen LogP contribution in [0.5, 0.6) is 0 Å². The smallest absolute Gasteiger partial charge is 0.350 e. The number of pyridine rings is 1. The summed E-state index contributed by atoms with van der Waals surface area (Å²) in [6, 6.07) is 2.00. The van der Waals surface area contributed by atoms with E-state index in [1.54, 1.807) is 0 Å². The number of carbonyl (C=O) groups excluding carboxylic acids is 3. The second-order valence-electron chi connectivity index (χ2n) is 4.67. The van der Waals surface area contributed by atoms with Crippen molar-refractivity contribution in [1.29, 1.82) is 0 Å². The molecule has 0 bridgehead atoms. The maximum absolute atomic E-state index is 12.4. The molecule has 132 valence electrons. The van der Waals surface area contributed by atoms with Crippen LogP contribution in [-0.4, -0.2) is 46.6 Å². The zero-order chi connectivity index (χ0) is 18.3. The Hall–Kier alpha value is -2.42. The van der Waals surface area contributed by atoms with Gasteiger partial charge in [0.25, 0.3) is 12.0 Å². The molecule has 7 nitrogen and oxygen atoms in total. The van der Waals surface area contributed by atoms with Gasteiger partial charge in [0.15, 0.2) is 5.78 Å². The largest absolute Gasteiger partial charge is 0.463 e. The highest BCUT2D eigenvalue weighted by molar-refractivity contribution is 6.09. The topological polar surface area (TPSA) is 103 Å². The minimum atomic E-state index is -2.81. The lowest BCUT2D eigenvalue weighted by Crippen LogP contribution is -2.50. The fourth-order valence-corrected chi connectivity index (χ4v) is 1.76. The van der Waals surface area contributed by atoms with Crippen LogP contribution in [0.2, 0.25) is 0 Å². The molecule has 0 fully saturated rings. The lowest BCUT2D eigenvalue weighted by molar-refractivity contribution is -0.182. The molecule has 1 aromatic heterocycles. The van der Waals surface area contributed by atoms with Gasteiger partial charge in [0.05, 0.1) is 19.6 Å². The number of carbonyl (C=O) groups is 3. The molecule has 1 N–H and O–H groups in total. The highest BCUT2D eigenvalue weighted by Crippen LogP contribution is 2.21. The van der Waals surface area contributed by atoms with E-state index in [1.807, 2.05) is 0 Å². The van der Waals surface area contributed by atoms with E-state index in [0.717, 1.165) is 18.3 Å². The van der Waals surface area contributed by atoms with Gasteiger partial charge in [-0.2, -0.15) is 0 Å². The molecule has 0 atom stereocenters. The minimum absolute atomic E-state index is 0.126. The minimum Gasteiger partial charge on any atom is -0.463 e. The van der Waals surface area contributed by atoms with Gasteiger partial charge in [-0.25, -0.2) is 18.4 Å². The molecule has 24 heavy (non-hydrogen) atoms. The Morgan fingerprint density at radius 1 is 1.17 bits per heavy atom. The van der Waals surface area contributed by atoms with Crippen LogP contribution in [0, 0.1) is 0 Å². The van der Waals surface area contributed by atoms with Gasteiger partial charge in [0.1, 0.15) is 5.69 Å². The van der Waals surface area contributed by atoms with E-state index in [0.29, 0.717) is 0 Å². The van der Waals surface area contributed by atoms with E-state index in [-0.39, 0.29) is 18.8 Å². The number of rotatable bonds is 8. The Bertz CT molecular complexity index is 584. The van der Waals surface area contributed by atoms with Gasteiger partial charge >= 0.3 is 11.9 Å². The second-order valence-corrected chi connectivity index (χ2v) is 4.67. The van der Waals surface area contributed by atoms with E-state index in [1.165, 1.54) is 13.8 Å². The fourth-order valence-electron chi connectivity index (χ4n) is 1.76. The Kier molecular flexibility index (Phi) is 6.90. The molecule has 0 saturated heterocycles. The molecule has 1 aromatic rings. The lowest BCUT2D eigenvalue weighted by Gasteiger charge is -2.22. The summed E-state index contributed by atoms with van der Waals surface area (Å²) in [6.45, 7) is 2.66. The molecule has 1 rings (SSSR count). The van der Waals surface area contributed by atoms with Crippen LogP contribution >= 0.6 is 0 Å². The first-order chi connectivity index (χ1) is 11.3. The van der Waals surface area contributed by atoms with Crippen LogP contribution in [0.25, 0.3) is 0 Å². The van der Waals surface area contributed by atoms with E-state index in [2.05, 4.69) is 14.5 Å². The average molecular weight is 345 g/mol. The molecule has 0 aliphatic carbocycles. The summed E-state index contributed by atoms with van der Waals surface area (Å²) in [6.07, 6.45) is -2.88. The van der Waals surface area contributed by atoms with Crippen LogP contribution in [0.15, 0.2) is 18.3 Å². The van der Waals surface area contributed by atoms with E-state index in [4.69, 9.17) is 0 Å². The number of halogens is 2. The van der Waals surface area contributed by atoms with Gasteiger partial charge in [-0.1, -0.05) is 0 Å². The van der Waals surface area contributed by atoms with Gasteiger partial charge < -0.3 is 14.6 Å².